The van der Waals surface area contributed by atoms with Crippen molar-refractivity contribution in [2.75, 3.05) is 17.2 Å². The Morgan fingerprint density at radius 2 is 1.94 bits per heavy atom. The van der Waals surface area contributed by atoms with E-state index >= 15 is 0 Å². The van der Waals surface area contributed by atoms with E-state index < -0.39 is 5.91 Å². The Kier molecular flexibility index (Phi) is 6.88. The minimum Gasteiger partial charge on any atom is -0.447 e. The van der Waals surface area contributed by atoms with E-state index in [4.69, 9.17) is 16.0 Å². The molecule has 36 heavy (non-hydrogen) atoms. The third kappa shape index (κ3) is 4.91. The molecule has 0 aromatic carbocycles. The molecule has 1 aliphatic heterocycles. The number of fused-ring (bicyclic) bond motifs is 1. The number of hydrogen-bond donors (Lipinski definition) is 3. The average Bonchev–Trinajstić information content (AvgIpc) is 3.48. The number of pyridine rings is 2. The fraction of sp³-hybridized carbons (Fsp3) is 0.400. The molecule has 3 aromatic rings. The molecule has 4 heterocycles. The standard InChI is InChI=1S/C25H26ClN5O5/c26-15-5-10-19(27-12-15)29-25(35)23-22(21-18(36-23)9-6-16(13-32)28-21)30-24(34)14-3-7-17(8-4-14)31-11-1-2-20(31)33/h5-6,9-10,12,14,17,32H,1-4,7-8,11,13H2,(H,30,34)(H,27,29,35)/t14-,17-. The van der Waals surface area contributed by atoms with Gasteiger partial charge in [-0.1, -0.05) is 11.6 Å². The van der Waals surface area contributed by atoms with Gasteiger partial charge in [-0.15, -0.1) is 0 Å². The Hall–Kier alpha value is -3.50. The third-order valence-corrected chi connectivity index (χ3v) is 7.02. The lowest BCUT2D eigenvalue weighted by atomic mass is 9.84. The molecule has 1 aliphatic carbocycles. The number of rotatable bonds is 6. The number of hydrogen-bond acceptors (Lipinski definition) is 7. The first-order chi connectivity index (χ1) is 17.4. The summed E-state index contributed by atoms with van der Waals surface area (Å²) >= 11 is 5.87. The van der Waals surface area contributed by atoms with Crippen molar-refractivity contribution in [1.29, 1.82) is 0 Å². The maximum absolute atomic E-state index is 13.3. The summed E-state index contributed by atoms with van der Waals surface area (Å²) in [7, 11) is 0. The number of nitrogens with zero attached hydrogens (tertiary/aromatic N) is 3. The lowest BCUT2D eigenvalue weighted by molar-refractivity contribution is -0.130. The van der Waals surface area contributed by atoms with Gasteiger partial charge in [-0.2, -0.15) is 0 Å². The van der Waals surface area contributed by atoms with Gasteiger partial charge in [0.05, 0.1) is 17.3 Å². The van der Waals surface area contributed by atoms with Crippen molar-refractivity contribution in [3.63, 3.8) is 0 Å². The molecule has 1 saturated heterocycles. The highest BCUT2D eigenvalue weighted by Gasteiger charge is 2.34. The zero-order valence-electron chi connectivity index (χ0n) is 19.5. The Labute approximate surface area is 212 Å². The van der Waals surface area contributed by atoms with Gasteiger partial charge in [0.2, 0.25) is 17.6 Å². The maximum atomic E-state index is 13.3. The zero-order chi connectivity index (χ0) is 25.2. The number of halogens is 1. The molecule has 3 amide bonds. The van der Waals surface area contributed by atoms with Crippen LogP contribution in [0, 0.1) is 5.92 Å². The smallest absolute Gasteiger partial charge is 0.294 e. The number of carbonyl (C=O) groups excluding carboxylic acids is 3. The van der Waals surface area contributed by atoms with Crippen LogP contribution in [0.4, 0.5) is 11.5 Å². The van der Waals surface area contributed by atoms with Gasteiger partial charge in [-0.25, -0.2) is 9.97 Å². The van der Waals surface area contributed by atoms with Gasteiger partial charge in [0, 0.05) is 31.1 Å². The molecule has 1 saturated carbocycles. The number of anilines is 2. The van der Waals surface area contributed by atoms with Crippen LogP contribution in [0.5, 0.6) is 0 Å². The van der Waals surface area contributed by atoms with Crippen molar-refractivity contribution in [2.24, 2.45) is 5.92 Å². The average molecular weight is 512 g/mol. The number of amides is 3. The van der Waals surface area contributed by atoms with Crippen LogP contribution in [0.25, 0.3) is 11.1 Å². The first-order valence-electron chi connectivity index (χ1n) is 12.0. The monoisotopic (exact) mass is 511 g/mol. The predicted octanol–water partition coefficient (Wildman–Crippen LogP) is 3.74. The summed E-state index contributed by atoms with van der Waals surface area (Å²) in [6.45, 7) is 0.491. The van der Waals surface area contributed by atoms with E-state index in [2.05, 4.69) is 20.6 Å². The molecule has 0 bridgehead atoms. The van der Waals surface area contributed by atoms with Crippen molar-refractivity contribution in [3.05, 3.63) is 46.9 Å². The summed E-state index contributed by atoms with van der Waals surface area (Å²) in [5, 5.41) is 15.5. The maximum Gasteiger partial charge on any atom is 0.294 e. The second kappa shape index (κ2) is 10.2. The van der Waals surface area contributed by atoms with E-state index in [0.717, 1.165) is 25.8 Å². The normalized spacial score (nSPS) is 20.1. The Morgan fingerprint density at radius 3 is 2.61 bits per heavy atom. The van der Waals surface area contributed by atoms with E-state index in [0.29, 0.717) is 35.6 Å². The van der Waals surface area contributed by atoms with Gasteiger partial charge < -0.3 is 25.1 Å². The van der Waals surface area contributed by atoms with Crippen LogP contribution in [-0.4, -0.2) is 50.3 Å². The number of furan rings is 1. The topological polar surface area (TPSA) is 138 Å². The second-order valence-corrected chi connectivity index (χ2v) is 9.55. The van der Waals surface area contributed by atoms with Gasteiger partial charge in [-0.3, -0.25) is 14.4 Å². The van der Waals surface area contributed by atoms with Crippen LogP contribution < -0.4 is 10.6 Å². The van der Waals surface area contributed by atoms with Gasteiger partial charge >= 0.3 is 0 Å². The number of nitrogens with one attached hydrogen (secondary N) is 2. The Balaban J connectivity index is 1.36. The van der Waals surface area contributed by atoms with Gasteiger partial charge in [0.1, 0.15) is 17.0 Å². The number of aliphatic hydroxyl groups is 1. The number of likely N-dealkylation sites (tertiary alicyclic amines) is 1. The summed E-state index contributed by atoms with van der Waals surface area (Å²) in [5.41, 5.74) is 1.10. The van der Waals surface area contributed by atoms with Crippen LogP contribution in [-0.2, 0) is 16.2 Å². The van der Waals surface area contributed by atoms with Crippen molar-refractivity contribution < 1.29 is 23.9 Å². The van der Waals surface area contributed by atoms with Crippen molar-refractivity contribution in [1.82, 2.24) is 14.9 Å². The van der Waals surface area contributed by atoms with E-state index in [1.807, 2.05) is 4.90 Å². The SMILES string of the molecule is O=C(Nc1ccc(Cl)cn1)c1oc2ccc(CO)nc2c1NC(=O)[C@H]1CC[C@H](N2CCCC2=O)CC1. The molecule has 5 rings (SSSR count). The quantitative estimate of drug-likeness (QED) is 0.458. The summed E-state index contributed by atoms with van der Waals surface area (Å²) in [5.74, 6) is -0.767. The number of carbonyl (C=O) groups is 3. The van der Waals surface area contributed by atoms with Crippen molar-refractivity contribution in [3.8, 4) is 0 Å². The molecule has 0 atom stereocenters. The highest BCUT2D eigenvalue weighted by atomic mass is 35.5. The van der Waals surface area contributed by atoms with Gasteiger partial charge in [0.25, 0.3) is 5.91 Å². The van der Waals surface area contributed by atoms with E-state index in [9.17, 15) is 19.5 Å². The van der Waals surface area contributed by atoms with Gasteiger partial charge in [-0.05, 0) is 56.4 Å². The first-order valence-corrected chi connectivity index (χ1v) is 12.4. The number of aromatic nitrogens is 2. The van der Waals surface area contributed by atoms with Crippen LogP contribution in [0.1, 0.15) is 54.8 Å². The molecule has 0 unspecified atom stereocenters. The van der Waals surface area contributed by atoms with E-state index in [1.165, 1.54) is 6.20 Å². The second-order valence-electron chi connectivity index (χ2n) is 9.11. The van der Waals surface area contributed by atoms with Crippen LogP contribution in [0.15, 0.2) is 34.9 Å². The van der Waals surface area contributed by atoms with Crippen LogP contribution >= 0.6 is 11.6 Å². The molecule has 3 aromatic heterocycles. The molecule has 3 N–H and O–H groups in total. The summed E-state index contributed by atoms with van der Waals surface area (Å²) in [4.78, 5) is 48.8. The summed E-state index contributed by atoms with van der Waals surface area (Å²) in [6.07, 6.45) is 5.71. The molecule has 2 aliphatic rings. The largest absolute Gasteiger partial charge is 0.447 e. The highest BCUT2D eigenvalue weighted by Crippen LogP contribution is 2.34. The molecule has 2 fully saturated rings. The fourth-order valence-electron chi connectivity index (χ4n) is 4.93. The van der Waals surface area contributed by atoms with Crippen molar-refractivity contribution in [2.45, 2.75) is 51.2 Å². The van der Waals surface area contributed by atoms with E-state index in [1.54, 1.807) is 24.3 Å². The lowest BCUT2D eigenvalue weighted by Gasteiger charge is -2.34. The third-order valence-electron chi connectivity index (χ3n) is 6.80. The molecule has 10 nitrogen and oxygen atoms in total. The zero-order valence-corrected chi connectivity index (χ0v) is 20.3. The molecule has 0 spiro atoms. The van der Waals surface area contributed by atoms with E-state index in [-0.39, 0.29) is 53.2 Å². The van der Waals surface area contributed by atoms with Crippen LogP contribution in [0.3, 0.4) is 0 Å². The Bertz CT molecular complexity index is 1300. The summed E-state index contributed by atoms with van der Waals surface area (Å²) < 4.78 is 5.77. The highest BCUT2D eigenvalue weighted by molar-refractivity contribution is 6.30. The minimum absolute atomic E-state index is 0.117. The molecule has 188 valence electrons. The molecule has 0 radical (unpaired) electrons. The summed E-state index contributed by atoms with van der Waals surface area (Å²) in [6, 6.07) is 6.50. The molecule has 11 heteroatoms. The molecular formula is C25H26ClN5O5. The van der Waals surface area contributed by atoms with Crippen LogP contribution in [0.2, 0.25) is 5.02 Å². The number of aliphatic hydroxyl groups excluding tert-OH is 1. The lowest BCUT2D eigenvalue weighted by Crippen LogP contribution is -2.40. The fourth-order valence-corrected chi connectivity index (χ4v) is 5.05. The van der Waals surface area contributed by atoms with Gasteiger partial charge in [0.15, 0.2) is 5.58 Å². The first kappa shape index (κ1) is 24.2. The Morgan fingerprint density at radius 1 is 1.14 bits per heavy atom. The minimum atomic E-state index is -0.611. The van der Waals surface area contributed by atoms with Crippen molar-refractivity contribution >= 4 is 51.9 Å². The predicted molar refractivity (Wildman–Crippen MR) is 132 cm³/mol. The molecular weight excluding hydrogens is 486 g/mol.